The number of piperazine rings is 1. The van der Waals surface area contributed by atoms with E-state index in [4.69, 9.17) is 0 Å². The number of nitrogens with one attached hydrogen (secondary N) is 1. The number of carboxylic acid groups (broad SMARTS) is 1. The Morgan fingerprint density at radius 3 is 2.62 bits per heavy atom. The molecular weight excluding hydrogens is 308 g/mol. The normalized spacial score (nSPS) is 19.1. The number of hydrogen-bond acceptors (Lipinski definition) is 3. The van der Waals surface area contributed by atoms with E-state index in [1.807, 2.05) is 18.2 Å². The summed E-state index contributed by atoms with van der Waals surface area (Å²) in [7, 11) is 1.75. The summed E-state index contributed by atoms with van der Waals surface area (Å²) in [4.78, 5) is 30.0. The van der Waals surface area contributed by atoms with Crippen LogP contribution in [0.4, 0.5) is 10.5 Å². The first-order chi connectivity index (χ1) is 11.2. The number of nitrogens with zero attached hydrogens (tertiary/aromatic N) is 3. The third-order valence-corrected chi connectivity index (χ3v) is 4.86. The van der Waals surface area contributed by atoms with Crippen LogP contribution in [0.1, 0.15) is 20.8 Å². The van der Waals surface area contributed by atoms with Crippen LogP contribution in [0.5, 0.6) is 0 Å². The van der Waals surface area contributed by atoms with Crippen molar-refractivity contribution < 1.29 is 9.90 Å². The van der Waals surface area contributed by atoms with Gasteiger partial charge >= 0.3 is 11.8 Å². The Balaban J connectivity index is 2.10. The van der Waals surface area contributed by atoms with Crippen LogP contribution in [0.2, 0.25) is 0 Å². The van der Waals surface area contributed by atoms with Gasteiger partial charge in [-0.15, -0.1) is 0 Å². The van der Waals surface area contributed by atoms with Gasteiger partial charge < -0.3 is 19.9 Å². The van der Waals surface area contributed by atoms with Gasteiger partial charge in [0.15, 0.2) is 0 Å². The van der Waals surface area contributed by atoms with Gasteiger partial charge in [-0.3, -0.25) is 4.57 Å². The van der Waals surface area contributed by atoms with Crippen molar-refractivity contribution in [1.82, 2.24) is 14.5 Å². The minimum absolute atomic E-state index is 0.0259. The molecule has 2 N–H and O–H groups in total. The van der Waals surface area contributed by atoms with Gasteiger partial charge in [0.1, 0.15) is 0 Å². The molecule has 1 aromatic carbocycles. The lowest BCUT2D eigenvalue weighted by Gasteiger charge is -2.47. The zero-order valence-corrected chi connectivity index (χ0v) is 14.5. The van der Waals surface area contributed by atoms with Gasteiger partial charge in [-0.2, -0.15) is 0 Å². The van der Waals surface area contributed by atoms with E-state index in [0.29, 0.717) is 19.6 Å². The maximum absolute atomic E-state index is 12.0. The Kier molecular flexibility index (Phi) is 3.81. The van der Waals surface area contributed by atoms with E-state index in [2.05, 4.69) is 30.7 Å². The molecule has 130 valence electrons. The molecule has 1 fully saturated rings. The maximum atomic E-state index is 12.0. The Morgan fingerprint density at radius 1 is 1.29 bits per heavy atom. The average molecular weight is 332 g/mol. The van der Waals surface area contributed by atoms with Gasteiger partial charge in [0.05, 0.1) is 22.8 Å². The zero-order valence-electron chi connectivity index (χ0n) is 14.5. The molecule has 1 aromatic heterocycles. The van der Waals surface area contributed by atoms with Crippen LogP contribution in [0.25, 0.3) is 11.0 Å². The van der Waals surface area contributed by atoms with Gasteiger partial charge in [-0.25, -0.2) is 9.59 Å². The molecular formula is C17H24N4O3. The van der Waals surface area contributed by atoms with Crippen molar-refractivity contribution in [3.8, 4) is 0 Å². The number of para-hydroxylation sites is 1. The van der Waals surface area contributed by atoms with Gasteiger partial charge in [0, 0.05) is 26.7 Å². The molecule has 2 aromatic rings. The minimum atomic E-state index is -0.879. The van der Waals surface area contributed by atoms with E-state index in [1.54, 1.807) is 11.6 Å². The SMILES string of the molecule is Cn1c(=O)[nH]c2cccc(N3CCN(C(=O)O)CC3C(C)(C)C)c21. The standard InChI is InChI=1S/C17H24N4O3/c1-17(2,3)13-10-20(16(23)24)8-9-21(13)12-7-5-6-11-14(12)19(4)15(22)18-11/h5-7,13H,8-10H2,1-4H3,(H,18,22)(H,23,24). The third-order valence-electron chi connectivity index (χ3n) is 4.86. The lowest BCUT2D eigenvalue weighted by atomic mass is 9.83. The van der Waals surface area contributed by atoms with Gasteiger partial charge in [0.2, 0.25) is 0 Å². The summed E-state index contributed by atoms with van der Waals surface area (Å²) < 4.78 is 1.62. The fourth-order valence-electron chi connectivity index (χ4n) is 3.50. The molecule has 0 spiro atoms. The number of hydrogen-bond donors (Lipinski definition) is 2. The predicted octanol–water partition coefficient (Wildman–Crippen LogP) is 2.08. The molecule has 7 nitrogen and oxygen atoms in total. The largest absolute Gasteiger partial charge is 0.465 e. The van der Waals surface area contributed by atoms with Crippen LogP contribution in [-0.2, 0) is 7.05 Å². The number of H-pyrrole nitrogens is 1. The quantitative estimate of drug-likeness (QED) is 0.838. The summed E-state index contributed by atoms with van der Waals surface area (Å²) in [6.07, 6.45) is -0.879. The highest BCUT2D eigenvalue weighted by molar-refractivity contribution is 5.89. The second-order valence-corrected chi connectivity index (χ2v) is 7.47. The van der Waals surface area contributed by atoms with E-state index in [0.717, 1.165) is 16.7 Å². The Bertz CT molecular complexity index is 830. The van der Waals surface area contributed by atoms with Gasteiger partial charge in [-0.1, -0.05) is 26.8 Å². The number of amides is 1. The fraction of sp³-hybridized carbons (Fsp3) is 0.529. The van der Waals surface area contributed by atoms with Crippen LogP contribution in [0.3, 0.4) is 0 Å². The van der Waals surface area contributed by atoms with Crippen molar-refractivity contribution >= 4 is 22.8 Å². The molecule has 0 saturated carbocycles. The molecule has 7 heteroatoms. The smallest absolute Gasteiger partial charge is 0.407 e. The molecule has 1 amide bonds. The number of imidazole rings is 1. The monoisotopic (exact) mass is 332 g/mol. The van der Waals surface area contributed by atoms with E-state index in [1.165, 1.54) is 4.90 Å². The third kappa shape index (κ3) is 2.64. The number of carbonyl (C=O) groups is 1. The number of fused-ring (bicyclic) bond motifs is 1. The average Bonchev–Trinajstić information content (AvgIpc) is 2.81. The molecule has 1 saturated heterocycles. The van der Waals surface area contributed by atoms with Crippen molar-refractivity contribution in [3.63, 3.8) is 0 Å². The number of aromatic amines is 1. The van der Waals surface area contributed by atoms with E-state index in [9.17, 15) is 14.7 Å². The van der Waals surface area contributed by atoms with Crippen molar-refractivity contribution in [2.45, 2.75) is 26.8 Å². The summed E-state index contributed by atoms with van der Waals surface area (Å²) in [5, 5.41) is 9.35. The van der Waals surface area contributed by atoms with Crippen LogP contribution in [0, 0.1) is 5.41 Å². The van der Waals surface area contributed by atoms with Gasteiger partial charge in [-0.05, 0) is 17.5 Å². The molecule has 2 heterocycles. The van der Waals surface area contributed by atoms with Crippen LogP contribution >= 0.6 is 0 Å². The highest BCUT2D eigenvalue weighted by Gasteiger charge is 2.37. The van der Waals surface area contributed by atoms with Gasteiger partial charge in [0.25, 0.3) is 0 Å². The summed E-state index contributed by atoms with van der Waals surface area (Å²) in [5.41, 5.74) is 2.38. The van der Waals surface area contributed by atoms with E-state index in [-0.39, 0.29) is 17.1 Å². The molecule has 0 bridgehead atoms. The van der Waals surface area contributed by atoms with E-state index >= 15 is 0 Å². The number of benzene rings is 1. The van der Waals surface area contributed by atoms with Crippen molar-refractivity contribution in [1.29, 1.82) is 0 Å². The van der Waals surface area contributed by atoms with Crippen molar-refractivity contribution in [2.24, 2.45) is 12.5 Å². The fourth-order valence-corrected chi connectivity index (χ4v) is 3.50. The Morgan fingerprint density at radius 2 is 2.00 bits per heavy atom. The predicted molar refractivity (Wildman–Crippen MR) is 93.7 cm³/mol. The highest BCUT2D eigenvalue weighted by Crippen LogP contribution is 2.34. The molecule has 3 rings (SSSR count). The second kappa shape index (κ2) is 5.58. The summed E-state index contributed by atoms with van der Waals surface area (Å²) >= 11 is 0. The molecule has 1 aliphatic rings. The lowest BCUT2D eigenvalue weighted by molar-refractivity contribution is 0.118. The van der Waals surface area contributed by atoms with E-state index < -0.39 is 6.09 Å². The topological polar surface area (TPSA) is 81.6 Å². The van der Waals surface area contributed by atoms with Crippen molar-refractivity contribution in [2.75, 3.05) is 24.5 Å². The second-order valence-electron chi connectivity index (χ2n) is 7.47. The first kappa shape index (κ1) is 16.4. The zero-order chi connectivity index (χ0) is 17.6. The van der Waals surface area contributed by atoms with Crippen LogP contribution < -0.4 is 10.6 Å². The molecule has 1 unspecified atom stereocenters. The lowest BCUT2D eigenvalue weighted by Crippen LogP contribution is -2.59. The summed E-state index contributed by atoms with van der Waals surface area (Å²) in [6.45, 7) is 7.86. The number of anilines is 1. The maximum Gasteiger partial charge on any atom is 0.407 e. The summed E-state index contributed by atoms with van der Waals surface area (Å²) in [6, 6.07) is 5.85. The molecule has 0 radical (unpaired) electrons. The first-order valence-corrected chi connectivity index (χ1v) is 8.12. The number of rotatable bonds is 1. The molecule has 1 atom stereocenters. The van der Waals surface area contributed by atoms with Crippen LogP contribution in [-0.4, -0.2) is 51.3 Å². The molecule has 24 heavy (non-hydrogen) atoms. The summed E-state index contributed by atoms with van der Waals surface area (Å²) in [5.74, 6) is 0. The Hall–Kier alpha value is -2.44. The highest BCUT2D eigenvalue weighted by atomic mass is 16.4. The molecule has 1 aliphatic heterocycles. The number of aryl methyl sites for hydroxylation is 1. The van der Waals surface area contributed by atoms with Crippen LogP contribution in [0.15, 0.2) is 23.0 Å². The minimum Gasteiger partial charge on any atom is -0.465 e. The first-order valence-electron chi connectivity index (χ1n) is 8.12. The molecule has 0 aliphatic carbocycles. The Labute approximate surface area is 140 Å². The number of aromatic nitrogens is 2. The van der Waals surface area contributed by atoms with Crippen molar-refractivity contribution in [3.05, 3.63) is 28.7 Å².